The SMILES string of the molecule is Cc1ccccc1S(=O)(=O)O.NN. The van der Waals surface area contributed by atoms with Gasteiger partial charge in [0.15, 0.2) is 0 Å². The monoisotopic (exact) mass is 204 g/mol. The van der Waals surface area contributed by atoms with Gasteiger partial charge < -0.3 is 0 Å². The Morgan fingerprint density at radius 1 is 1.23 bits per heavy atom. The van der Waals surface area contributed by atoms with Gasteiger partial charge in [0.2, 0.25) is 0 Å². The molecule has 0 aromatic heterocycles. The van der Waals surface area contributed by atoms with Crippen LogP contribution in [0.25, 0.3) is 0 Å². The van der Waals surface area contributed by atoms with Crippen molar-refractivity contribution in [2.24, 2.45) is 11.7 Å². The molecule has 5 nitrogen and oxygen atoms in total. The molecule has 74 valence electrons. The minimum absolute atomic E-state index is 0.0278. The van der Waals surface area contributed by atoms with E-state index in [-0.39, 0.29) is 4.90 Å². The zero-order chi connectivity index (χ0) is 10.5. The Morgan fingerprint density at radius 3 is 2.00 bits per heavy atom. The maximum Gasteiger partial charge on any atom is 0.294 e. The molecule has 1 rings (SSSR count). The van der Waals surface area contributed by atoms with Gasteiger partial charge in [-0.1, -0.05) is 18.2 Å². The molecule has 1 aromatic rings. The first-order chi connectivity index (χ1) is 6.02. The van der Waals surface area contributed by atoms with Crippen LogP contribution in [0.3, 0.4) is 0 Å². The molecule has 0 aliphatic carbocycles. The zero-order valence-corrected chi connectivity index (χ0v) is 7.95. The summed E-state index contributed by atoms with van der Waals surface area (Å²) in [5.74, 6) is 8.00. The number of hydrogen-bond acceptors (Lipinski definition) is 4. The van der Waals surface area contributed by atoms with Crippen LogP contribution in [0.5, 0.6) is 0 Å². The van der Waals surface area contributed by atoms with Gasteiger partial charge in [-0.3, -0.25) is 16.2 Å². The maximum atomic E-state index is 10.6. The van der Waals surface area contributed by atoms with Crippen molar-refractivity contribution >= 4 is 10.1 Å². The van der Waals surface area contributed by atoms with E-state index in [1.54, 1.807) is 25.1 Å². The Hall–Kier alpha value is -0.950. The van der Waals surface area contributed by atoms with Crippen LogP contribution in [0.1, 0.15) is 5.56 Å². The Labute approximate surface area is 77.1 Å². The van der Waals surface area contributed by atoms with E-state index < -0.39 is 10.1 Å². The van der Waals surface area contributed by atoms with Gasteiger partial charge in [0, 0.05) is 0 Å². The van der Waals surface area contributed by atoms with Gasteiger partial charge in [-0.2, -0.15) is 8.42 Å². The highest BCUT2D eigenvalue weighted by Crippen LogP contribution is 2.12. The minimum atomic E-state index is -4.03. The summed E-state index contributed by atoms with van der Waals surface area (Å²) in [5.41, 5.74) is 0.551. The summed E-state index contributed by atoms with van der Waals surface area (Å²) < 4.78 is 29.9. The predicted molar refractivity (Wildman–Crippen MR) is 49.4 cm³/mol. The van der Waals surface area contributed by atoms with Crippen molar-refractivity contribution in [3.8, 4) is 0 Å². The fraction of sp³-hybridized carbons (Fsp3) is 0.143. The Kier molecular flexibility index (Phi) is 4.57. The van der Waals surface area contributed by atoms with Crippen LogP contribution in [0.15, 0.2) is 29.2 Å². The van der Waals surface area contributed by atoms with Gasteiger partial charge in [-0.05, 0) is 18.6 Å². The summed E-state index contributed by atoms with van der Waals surface area (Å²) in [6, 6.07) is 6.27. The minimum Gasteiger partial charge on any atom is -0.282 e. The molecular weight excluding hydrogens is 192 g/mol. The summed E-state index contributed by atoms with van der Waals surface area (Å²) in [5, 5.41) is 0. The van der Waals surface area contributed by atoms with Crippen LogP contribution in [0.4, 0.5) is 0 Å². The largest absolute Gasteiger partial charge is 0.294 e. The van der Waals surface area contributed by atoms with Crippen molar-refractivity contribution < 1.29 is 13.0 Å². The normalized spacial score (nSPS) is 10.2. The van der Waals surface area contributed by atoms with Crippen molar-refractivity contribution in [2.45, 2.75) is 11.8 Å². The second-order valence-electron chi connectivity index (χ2n) is 2.24. The van der Waals surface area contributed by atoms with E-state index in [0.717, 1.165) is 0 Å². The average Bonchev–Trinajstić information content (AvgIpc) is 2.07. The first-order valence-corrected chi connectivity index (χ1v) is 4.82. The number of nitrogens with two attached hydrogens (primary N) is 2. The Balaban J connectivity index is 0.000000671. The molecule has 0 bridgehead atoms. The molecular formula is C7H12N2O3S. The van der Waals surface area contributed by atoms with Gasteiger partial charge >= 0.3 is 0 Å². The molecule has 0 heterocycles. The first-order valence-electron chi connectivity index (χ1n) is 3.38. The molecule has 13 heavy (non-hydrogen) atoms. The third kappa shape index (κ3) is 3.51. The molecule has 0 atom stereocenters. The lowest BCUT2D eigenvalue weighted by atomic mass is 10.2. The van der Waals surface area contributed by atoms with Gasteiger partial charge in [-0.15, -0.1) is 0 Å². The molecule has 0 fully saturated rings. The Bertz CT molecular complexity index is 362. The molecule has 0 saturated heterocycles. The molecule has 0 aliphatic rings. The highest BCUT2D eigenvalue weighted by Gasteiger charge is 2.10. The van der Waals surface area contributed by atoms with Crippen LogP contribution in [0.2, 0.25) is 0 Å². The van der Waals surface area contributed by atoms with Crippen molar-refractivity contribution in [3.05, 3.63) is 29.8 Å². The maximum absolute atomic E-state index is 10.6. The number of rotatable bonds is 1. The summed E-state index contributed by atoms with van der Waals surface area (Å²) >= 11 is 0. The molecule has 1 aromatic carbocycles. The second-order valence-corrected chi connectivity index (χ2v) is 3.63. The van der Waals surface area contributed by atoms with Crippen LogP contribution >= 0.6 is 0 Å². The van der Waals surface area contributed by atoms with Gasteiger partial charge in [0.1, 0.15) is 0 Å². The van der Waals surface area contributed by atoms with Crippen LogP contribution in [-0.4, -0.2) is 13.0 Å². The first kappa shape index (κ1) is 12.0. The van der Waals surface area contributed by atoms with Gasteiger partial charge in [0.05, 0.1) is 4.90 Å². The van der Waals surface area contributed by atoms with E-state index in [9.17, 15) is 8.42 Å². The molecule has 0 amide bonds. The van der Waals surface area contributed by atoms with E-state index in [0.29, 0.717) is 5.56 Å². The number of hydrazine groups is 1. The average molecular weight is 204 g/mol. The van der Waals surface area contributed by atoms with Gasteiger partial charge in [-0.25, -0.2) is 0 Å². The lowest BCUT2D eigenvalue weighted by molar-refractivity contribution is 0.482. The summed E-state index contributed by atoms with van der Waals surface area (Å²) in [4.78, 5) is -0.0278. The third-order valence-electron chi connectivity index (χ3n) is 1.37. The van der Waals surface area contributed by atoms with Crippen molar-refractivity contribution in [1.29, 1.82) is 0 Å². The summed E-state index contributed by atoms with van der Waals surface area (Å²) in [6.45, 7) is 1.63. The molecule has 6 heteroatoms. The quantitative estimate of drug-likeness (QED) is 0.340. The van der Waals surface area contributed by atoms with E-state index in [1.807, 2.05) is 0 Å². The van der Waals surface area contributed by atoms with Crippen LogP contribution in [0, 0.1) is 6.92 Å². The third-order valence-corrected chi connectivity index (χ3v) is 2.39. The highest BCUT2D eigenvalue weighted by molar-refractivity contribution is 7.85. The van der Waals surface area contributed by atoms with E-state index in [2.05, 4.69) is 11.7 Å². The summed E-state index contributed by atoms with van der Waals surface area (Å²) in [6.07, 6.45) is 0. The van der Waals surface area contributed by atoms with E-state index >= 15 is 0 Å². The molecule has 0 unspecified atom stereocenters. The zero-order valence-electron chi connectivity index (χ0n) is 7.14. The predicted octanol–water partition coefficient (Wildman–Crippen LogP) is 0.0605. The van der Waals surface area contributed by atoms with Crippen LogP contribution < -0.4 is 11.7 Å². The molecule has 0 saturated carbocycles. The highest BCUT2D eigenvalue weighted by atomic mass is 32.2. The second kappa shape index (κ2) is 4.93. The number of hydrogen-bond donors (Lipinski definition) is 3. The Morgan fingerprint density at radius 2 is 1.69 bits per heavy atom. The molecule has 0 spiro atoms. The van der Waals surface area contributed by atoms with Crippen molar-refractivity contribution in [1.82, 2.24) is 0 Å². The van der Waals surface area contributed by atoms with Gasteiger partial charge in [0.25, 0.3) is 10.1 Å². The number of aryl methyl sites for hydroxylation is 1. The van der Waals surface area contributed by atoms with E-state index in [1.165, 1.54) is 6.07 Å². The fourth-order valence-electron chi connectivity index (χ4n) is 0.846. The number of benzene rings is 1. The van der Waals surface area contributed by atoms with Crippen molar-refractivity contribution in [3.63, 3.8) is 0 Å². The van der Waals surface area contributed by atoms with E-state index in [4.69, 9.17) is 4.55 Å². The summed E-state index contributed by atoms with van der Waals surface area (Å²) in [7, 11) is -4.03. The topological polar surface area (TPSA) is 106 Å². The molecule has 0 radical (unpaired) electrons. The standard InChI is InChI=1S/C7H8O3S.H4N2/c1-6-4-2-3-5-7(6)11(8,9)10;1-2/h2-5H,1H3,(H,8,9,10);1-2H2. The van der Waals surface area contributed by atoms with Crippen molar-refractivity contribution in [2.75, 3.05) is 0 Å². The van der Waals surface area contributed by atoms with Crippen LogP contribution in [-0.2, 0) is 10.1 Å². The smallest absolute Gasteiger partial charge is 0.282 e. The lowest BCUT2D eigenvalue weighted by Gasteiger charge is -1.99. The lowest BCUT2D eigenvalue weighted by Crippen LogP contribution is -2.02. The fourth-order valence-corrected chi connectivity index (χ4v) is 1.57. The molecule has 0 aliphatic heterocycles. The molecule has 5 N–H and O–H groups in total.